The molecule has 2 aromatic rings. The SMILES string of the molecule is COc1ccc(C#Cc2ccccc2[SiH](C)C)cc1. The Morgan fingerprint density at radius 2 is 1.58 bits per heavy atom. The maximum absolute atomic E-state index is 5.14. The smallest absolute Gasteiger partial charge is 0.118 e. The monoisotopic (exact) mass is 266 g/mol. The highest BCUT2D eigenvalue weighted by molar-refractivity contribution is 6.71. The molecule has 96 valence electrons. The molecule has 0 amide bonds. The van der Waals surface area contributed by atoms with Gasteiger partial charge in [-0.3, -0.25) is 0 Å². The summed E-state index contributed by atoms with van der Waals surface area (Å²) in [5.74, 6) is 7.38. The van der Waals surface area contributed by atoms with Crippen LogP contribution in [-0.4, -0.2) is 15.9 Å². The van der Waals surface area contributed by atoms with Gasteiger partial charge in [-0.25, -0.2) is 0 Å². The minimum absolute atomic E-state index is 0.829. The topological polar surface area (TPSA) is 9.23 Å². The van der Waals surface area contributed by atoms with Crippen molar-refractivity contribution in [1.82, 2.24) is 0 Å². The van der Waals surface area contributed by atoms with Gasteiger partial charge >= 0.3 is 0 Å². The van der Waals surface area contributed by atoms with Crippen molar-refractivity contribution >= 4 is 14.0 Å². The average Bonchev–Trinajstić information content (AvgIpc) is 2.46. The Hall–Kier alpha value is -1.98. The predicted molar refractivity (Wildman–Crippen MR) is 83.9 cm³/mol. The van der Waals surface area contributed by atoms with E-state index in [1.165, 1.54) is 10.8 Å². The van der Waals surface area contributed by atoms with Gasteiger partial charge in [0.05, 0.1) is 15.9 Å². The molecule has 0 saturated heterocycles. The average molecular weight is 266 g/mol. The highest BCUT2D eigenvalue weighted by Crippen LogP contribution is 2.10. The van der Waals surface area contributed by atoms with Crippen molar-refractivity contribution in [3.8, 4) is 17.6 Å². The molecular weight excluding hydrogens is 248 g/mol. The summed E-state index contributed by atoms with van der Waals surface area (Å²) in [6.45, 7) is 4.65. The third kappa shape index (κ3) is 3.49. The highest BCUT2D eigenvalue weighted by Gasteiger charge is 2.03. The summed E-state index contributed by atoms with van der Waals surface area (Å²) >= 11 is 0. The quantitative estimate of drug-likeness (QED) is 0.600. The Morgan fingerprint density at radius 3 is 2.21 bits per heavy atom. The van der Waals surface area contributed by atoms with Crippen molar-refractivity contribution in [3.63, 3.8) is 0 Å². The highest BCUT2D eigenvalue weighted by atomic mass is 28.3. The number of methoxy groups -OCH3 is 1. The van der Waals surface area contributed by atoms with E-state index in [4.69, 9.17) is 4.74 Å². The van der Waals surface area contributed by atoms with Gasteiger partial charge in [0.25, 0.3) is 0 Å². The number of benzene rings is 2. The molecule has 2 aromatic carbocycles. The Balaban J connectivity index is 2.28. The van der Waals surface area contributed by atoms with Crippen LogP contribution >= 0.6 is 0 Å². The van der Waals surface area contributed by atoms with E-state index < -0.39 is 8.80 Å². The van der Waals surface area contributed by atoms with Crippen LogP contribution in [0.5, 0.6) is 5.75 Å². The summed E-state index contributed by atoms with van der Waals surface area (Å²) in [6.07, 6.45) is 0. The second-order valence-corrected chi connectivity index (χ2v) is 7.65. The molecule has 0 aliphatic rings. The largest absolute Gasteiger partial charge is 0.497 e. The van der Waals surface area contributed by atoms with Crippen molar-refractivity contribution in [3.05, 3.63) is 59.7 Å². The normalized spacial score (nSPS) is 9.89. The van der Waals surface area contributed by atoms with Crippen LogP contribution in [0.4, 0.5) is 0 Å². The minimum atomic E-state index is -0.829. The molecule has 0 aliphatic carbocycles. The Bertz CT molecular complexity index is 603. The van der Waals surface area contributed by atoms with Crippen LogP contribution in [-0.2, 0) is 0 Å². The van der Waals surface area contributed by atoms with Gasteiger partial charge in [0.2, 0.25) is 0 Å². The molecule has 0 atom stereocenters. The van der Waals surface area contributed by atoms with Crippen molar-refractivity contribution < 1.29 is 4.74 Å². The van der Waals surface area contributed by atoms with E-state index in [1.807, 2.05) is 24.3 Å². The number of rotatable bonds is 2. The fourth-order valence-electron chi connectivity index (χ4n) is 1.93. The van der Waals surface area contributed by atoms with Crippen LogP contribution in [0.3, 0.4) is 0 Å². The molecular formula is C17H18OSi. The molecule has 2 rings (SSSR count). The number of hydrogen-bond acceptors (Lipinski definition) is 1. The van der Waals surface area contributed by atoms with Crippen LogP contribution in [0, 0.1) is 11.8 Å². The lowest BCUT2D eigenvalue weighted by Crippen LogP contribution is -2.25. The van der Waals surface area contributed by atoms with Gasteiger partial charge in [-0.2, -0.15) is 0 Å². The number of hydrogen-bond donors (Lipinski definition) is 0. The van der Waals surface area contributed by atoms with Gasteiger partial charge in [-0.15, -0.1) is 0 Å². The van der Waals surface area contributed by atoms with Crippen LogP contribution in [0.15, 0.2) is 48.5 Å². The van der Waals surface area contributed by atoms with Crippen molar-refractivity contribution in [2.24, 2.45) is 0 Å². The third-order valence-electron chi connectivity index (χ3n) is 3.01. The van der Waals surface area contributed by atoms with Crippen LogP contribution in [0.1, 0.15) is 11.1 Å². The zero-order chi connectivity index (χ0) is 13.7. The summed E-state index contributed by atoms with van der Waals surface area (Å²) in [6, 6.07) is 16.3. The van der Waals surface area contributed by atoms with E-state index in [1.54, 1.807) is 7.11 Å². The maximum atomic E-state index is 5.14. The van der Waals surface area contributed by atoms with E-state index in [-0.39, 0.29) is 0 Å². The van der Waals surface area contributed by atoms with Crippen molar-refractivity contribution in [1.29, 1.82) is 0 Å². The Morgan fingerprint density at radius 1 is 0.895 bits per heavy atom. The molecule has 0 heterocycles. The lowest BCUT2D eigenvalue weighted by Gasteiger charge is -2.06. The molecule has 0 fully saturated rings. The van der Waals surface area contributed by atoms with Gasteiger partial charge in [-0.05, 0) is 35.5 Å². The number of ether oxygens (including phenoxy) is 1. The molecule has 19 heavy (non-hydrogen) atoms. The molecule has 0 unspecified atom stereocenters. The lowest BCUT2D eigenvalue weighted by atomic mass is 10.2. The van der Waals surface area contributed by atoms with E-state index in [0.29, 0.717) is 0 Å². The zero-order valence-electron chi connectivity index (χ0n) is 11.6. The second kappa shape index (κ2) is 6.26. The molecule has 0 radical (unpaired) electrons. The fourth-order valence-corrected chi connectivity index (χ4v) is 3.21. The summed E-state index contributed by atoms with van der Waals surface area (Å²) < 4.78 is 5.14. The van der Waals surface area contributed by atoms with E-state index in [0.717, 1.165) is 11.3 Å². The summed E-state index contributed by atoms with van der Waals surface area (Å²) in [7, 11) is 0.841. The maximum Gasteiger partial charge on any atom is 0.118 e. The standard InChI is InChI=1S/C17H18OSi/c1-18-16-12-9-14(10-13-16)8-11-15-6-4-5-7-17(15)19(2)3/h4-7,9-10,12-13,19H,1-3H3. The molecule has 0 bridgehead atoms. The molecule has 0 saturated carbocycles. The third-order valence-corrected chi connectivity index (χ3v) is 4.76. The molecule has 2 heteroatoms. The summed E-state index contributed by atoms with van der Waals surface area (Å²) in [5.41, 5.74) is 2.18. The predicted octanol–water partition coefficient (Wildman–Crippen LogP) is 2.79. The van der Waals surface area contributed by atoms with Gasteiger partial charge in [-0.1, -0.05) is 43.1 Å². The van der Waals surface area contributed by atoms with E-state index in [2.05, 4.69) is 49.2 Å². The van der Waals surface area contributed by atoms with Crippen molar-refractivity contribution in [2.45, 2.75) is 13.1 Å². The lowest BCUT2D eigenvalue weighted by molar-refractivity contribution is 0.415. The molecule has 0 N–H and O–H groups in total. The van der Waals surface area contributed by atoms with E-state index >= 15 is 0 Å². The second-order valence-electron chi connectivity index (χ2n) is 4.72. The molecule has 1 nitrogen and oxygen atoms in total. The van der Waals surface area contributed by atoms with Gasteiger partial charge < -0.3 is 4.74 Å². The fraction of sp³-hybridized carbons (Fsp3) is 0.176. The minimum Gasteiger partial charge on any atom is -0.497 e. The molecule has 0 aromatic heterocycles. The molecule has 0 aliphatic heterocycles. The van der Waals surface area contributed by atoms with Crippen LogP contribution < -0.4 is 9.92 Å². The van der Waals surface area contributed by atoms with Crippen LogP contribution in [0.25, 0.3) is 0 Å². The first-order valence-electron chi connectivity index (χ1n) is 6.45. The Labute approximate surface area is 116 Å². The Kier molecular flexibility index (Phi) is 4.43. The summed E-state index contributed by atoms with van der Waals surface area (Å²) in [5, 5.41) is 1.43. The molecule has 0 spiro atoms. The zero-order valence-corrected chi connectivity index (χ0v) is 12.8. The summed E-state index contributed by atoms with van der Waals surface area (Å²) in [4.78, 5) is 0. The van der Waals surface area contributed by atoms with Gasteiger partial charge in [0.1, 0.15) is 5.75 Å². The van der Waals surface area contributed by atoms with Crippen molar-refractivity contribution in [2.75, 3.05) is 7.11 Å². The van der Waals surface area contributed by atoms with Crippen LogP contribution in [0.2, 0.25) is 13.1 Å². The first-order chi connectivity index (χ1) is 9.20. The first kappa shape index (κ1) is 13.4. The van der Waals surface area contributed by atoms with E-state index in [9.17, 15) is 0 Å². The first-order valence-corrected chi connectivity index (χ1v) is 9.34. The van der Waals surface area contributed by atoms with Gasteiger partial charge in [0, 0.05) is 11.1 Å². The van der Waals surface area contributed by atoms with Gasteiger partial charge in [0.15, 0.2) is 0 Å².